The van der Waals surface area contributed by atoms with E-state index < -0.39 is 5.97 Å². The third-order valence-electron chi connectivity index (χ3n) is 2.50. The van der Waals surface area contributed by atoms with Crippen molar-refractivity contribution in [1.29, 1.82) is 0 Å². The van der Waals surface area contributed by atoms with Crippen LogP contribution in [-0.4, -0.2) is 5.97 Å². The zero-order valence-electron chi connectivity index (χ0n) is 9.91. The summed E-state index contributed by atoms with van der Waals surface area (Å²) in [5.74, 6) is -0.0711. The molecule has 0 saturated heterocycles. The van der Waals surface area contributed by atoms with E-state index in [1.54, 1.807) is 30.3 Å². The molecule has 0 fully saturated rings. The second kappa shape index (κ2) is 5.83. The predicted molar refractivity (Wildman–Crippen MR) is 77.6 cm³/mol. The lowest BCUT2D eigenvalue weighted by Gasteiger charge is -2.06. The van der Waals surface area contributed by atoms with Crippen LogP contribution in [0.4, 0.5) is 0 Å². The van der Waals surface area contributed by atoms with E-state index in [9.17, 15) is 4.79 Å². The van der Waals surface area contributed by atoms with Crippen LogP contribution in [0.5, 0.6) is 5.75 Å². The number of halogens is 3. The molecule has 0 saturated carbocycles. The summed E-state index contributed by atoms with van der Waals surface area (Å²) in [5, 5.41) is 1.32. The fourth-order valence-corrected chi connectivity index (χ4v) is 1.89. The fourth-order valence-electron chi connectivity index (χ4n) is 1.47. The molecule has 2 aromatic rings. The number of rotatable bonds is 2. The van der Waals surface area contributed by atoms with Crippen molar-refractivity contribution < 1.29 is 9.53 Å². The smallest absolute Gasteiger partial charge is 0.343 e. The Kier molecular flexibility index (Phi) is 4.35. The van der Waals surface area contributed by atoms with Gasteiger partial charge in [0, 0.05) is 5.02 Å². The average molecular weight is 316 g/mol. The highest BCUT2D eigenvalue weighted by molar-refractivity contribution is 6.42. The van der Waals surface area contributed by atoms with Crippen LogP contribution in [0.1, 0.15) is 15.9 Å². The summed E-state index contributed by atoms with van der Waals surface area (Å²) in [7, 11) is 0. The average Bonchev–Trinajstić information content (AvgIpc) is 2.37. The molecule has 98 valence electrons. The van der Waals surface area contributed by atoms with Gasteiger partial charge in [0.1, 0.15) is 5.75 Å². The number of carbonyl (C=O) groups excluding carboxylic acids is 1. The van der Waals surface area contributed by atoms with Crippen LogP contribution in [0.3, 0.4) is 0 Å². The first-order chi connectivity index (χ1) is 8.97. The Bertz CT molecular complexity index is 639. The molecule has 0 atom stereocenters. The molecule has 0 aliphatic carbocycles. The molecule has 0 aromatic heterocycles. The molecule has 19 heavy (non-hydrogen) atoms. The SMILES string of the molecule is Cc1cc(OC(=O)c2ccc(Cl)c(Cl)c2)ccc1Cl. The summed E-state index contributed by atoms with van der Waals surface area (Å²) in [5.41, 5.74) is 1.17. The van der Waals surface area contributed by atoms with Gasteiger partial charge in [-0.25, -0.2) is 4.79 Å². The lowest BCUT2D eigenvalue weighted by Crippen LogP contribution is -2.08. The molecule has 0 bridgehead atoms. The molecule has 2 rings (SSSR count). The number of carbonyl (C=O) groups is 1. The number of esters is 1. The minimum Gasteiger partial charge on any atom is -0.423 e. The van der Waals surface area contributed by atoms with Gasteiger partial charge in [-0.1, -0.05) is 34.8 Å². The van der Waals surface area contributed by atoms with Crippen LogP contribution in [0.2, 0.25) is 15.1 Å². The van der Waals surface area contributed by atoms with E-state index >= 15 is 0 Å². The van der Waals surface area contributed by atoms with Crippen molar-refractivity contribution in [3.8, 4) is 5.75 Å². The summed E-state index contributed by atoms with van der Waals surface area (Å²) >= 11 is 17.5. The van der Waals surface area contributed by atoms with Crippen LogP contribution in [-0.2, 0) is 0 Å². The monoisotopic (exact) mass is 314 g/mol. The number of ether oxygens (including phenoxy) is 1. The van der Waals surface area contributed by atoms with Gasteiger partial charge in [0.2, 0.25) is 0 Å². The van der Waals surface area contributed by atoms with E-state index in [4.69, 9.17) is 39.5 Å². The number of hydrogen-bond donors (Lipinski definition) is 0. The second-order valence-corrected chi connectivity index (χ2v) is 5.15. The van der Waals surface area contributed by atoms with Crippen molar-refractivity contribution in [3.63, 3.8) is 0 Å². The van der Waals surface area contributed by atoms with E-state index in [2.05, 4.69) is 0 Å². The van der Waals surface area contributed by atoms with E-state index in [-0.39, 0.29) is 0 Å². The van der Waals surface area contributed by atoms with Crippen LogP contribution < -0.4 is 4.74 Å². The first-order valence-electron chi connectivity index (χ1n) is 5.41. The predicted octanol–water partition coefficient (Wildman–Crippen LogP) is 5.17. The summed E-state index contributed by atoms with van der Waals surface area (Å²) in [4.78, 5) is 11.9. The normalized spacial score (nSPS) is 10.3. The van der Waals surface area contributed by atoms with Crippen LogP contribution >= 0.6 is 34.8 Å². The molecule has 2 nitrogen and oxygen atoms in total. The van der Waals surface area contributed by atoms with Crippen molar-refractivity contribution >= 4 is 40.8 Å². The van der Waals surface area contributed by atoms with Gasteiger partial charge in [-0.3, -0.25) is 0 Å². The molecule has 0 radical (unpaired) electrons. The number of benzene rings is 2. The third kappa shape index (κ3) is 3.41. The molecule has 0 unspecified atom stereocenters. The Morgan fingerprint density at radius 3 is 2.26 bits per heavy atom. The van der Waals surface area contributed by atoms with Gasteiger partial charge in [0.15, 0.2) is 0 Å². The van der Waals surface area contributed by atoms with Gasteiger partial charge >= 0.3 is 5.97 Å². The summed E-state index contributed by atoms with van der Waals surface area (Å²) in [6, 6.07) is 9.57. The maximum atomic E-state index is 11.9. The molecule has 0 amide bonds. The Morgan fingerprint density at radius 1 is 0.947 bits per heavy atom. The summed E-state index contributed by atoms with van der Waals surface area (Å²) < 4.78 is 5.23. The highest BCUT2D eigenvalue weighted by Gasteiger charge is 2.11. The zero-order chi connectivity index (χ0) is 14.0. The Labute approximate surface area is 125 Å². The molecule has 2 aromatic carbocycles. The highest BCUT2D eigenvalue weighted by atomic mass is 35.5. The van der Waals surface area contributed by atoms with E-state index in [0.717, 1.165) is 5.56 Å². The lowest BCUT2D eigenvalue weighted by atomic mass is 10.2. The van der Waals surface area contributed by atoms with Crippen LogP contribution in [0.15, 0.2) is 36.4 Å². The Balaban J connectivity index is 2.20. The first kappa shape index (κ1) is 14.2. The third-order valence-corrected chi connectivity index (χ3v) is 3.66. The largest absolute Gasteiger partial charge is 0.423 e. The van der Waals surface area contributed by atoms with E-state index in [0.29, 0.717) is 26.4 Å². The molecule has 0 heterocycles. The minimum absolute atomic E-state index is 0.309. The van der Waals surface area contributed by atoms with Crippen LogP contribution in [0.25, 0.3) is 0 Å². The summed E-state index contributed by atoms with van der Waals surface area (Å²) in [6.07, 6.45) is 0. The van der Waals surface area contributed by atoms with Gasteiger partial charge in [-0.15, -0.1) is 0 Å². The standard InChI is InChI=1S/C14H9Cl3O2/c1-8-6-10(3-5-11(8)15)19-14(18)9-2-4-12(16)13(17)7-9/h2-7H,1H3. The minimum atomic E-state index is -0.500. The molecule has 0 aliphatic heterocycles. The topological polar surface area (TPSA) is 26.3 Å². The fraction of sp³-hybridized carbons (Fsp3) is 0.0714. The maximum absolute atomic E-state index is 11.9. The molecule has 0 aliphatic rings. The zero-order valence-corrected chi connectivity index (χ0v) is 12.2. The van der Waals surface area contributed by atoms with Crippen molar-refractivity contribution in [2.24, 2.45) is 0 Å². The van der Waals surface area contributed by atoms with Gasteiger partial charge < -0.3 is 4.74 Å². The number of aryl methyl sites for hydroxylation is 1. The van der Waals surface area contributed by atoms with Crippen molar-refractivity contribution in [2.45, 2.75) is 6.92 Å². The van der Waals surface area contributed by atoms with Gasteiger partial charge in [0.05, 0.1) is 15.6 Å². The van der Waals surface area contributed by atoms with Gasteiger partial charge in [-0.05, 0) is 48.9 Å². The van der Waals surface area contributed by atoms with Gasteiger partial charge in [0.25, 0.3) is 0 Å². The van der Waals surface area contributed by atoms with Crippen LogP contribution in [0, 0.1) is 6.92 Å². The molecule has 0 spiro atoms. The summed E-state index contributed by atoms with van der Waals surface area (Å²) in [6.45, 7) is 1.83. The van der Waals surface area contributed by atoms with E-state index in [1.165, 1.54) is 6.07 Å². The highest BCUT2D eigenvalue weighted by Crippen LogP contribution is 2.25. The molecule has 0 N–H and O–H groups in total. The second-order valence-electron chi connectivity index (χ2n) is 3.93. The van der Waals surface area contributed by atoms with Gasteiger partial charge in [-0.2, -0.15) is 0 Å². The van der Waals surface area contributed by atoms with Crippen molar-refractivity contribution in [1.82, 2.24) is 0 Å². The van der Waals surface area contributed by atoms with Crippen molar-refractivity contribution in [3.05, 3.63) is 62.6 Å². The maximum Gasteiger partial charge on any atom is 0.343 e. The Morgan fingerprint density at radius 2 is 1.63 bits per heavy atom. The molecule has 5 heteroatoms. The molecular weight excluding hydrogens is 307 g/mol. The number of hydrogen-bond acceptors (Lipinski definition) is 2. The lowest BCUT2D eigenvalue weighted by molar-refractivity contribution is 0.0735. The quantitative estimate of drug-likeness (QED) is 0.564. The molecular formula is C14H9Cl3O2. The Hall–Kier alpha value is -1.22. The first-order valence-corrected chi connectivity index (χ1v) is 6.54. The van der Waals surface area contributed by atoms with E-state index in [1.807, 2.05) is 6.92 Å². The van der Waals surface area contributed by atoms with Crippen molar-refractivity contribution in [2.75, 3.05) is 0 Å².